The number of para-hydroxylation sites is 1. The first kappa shape index (κ1) is 15.4. The Morgan fingerprint density at radius 3 is 2.70 bits per heavy atom. The average molecular weight is 311 g/mol. The van der Waals surface area contributed by atoms with Crippen LogP contribution < -0.4 is 10.9 Å². The highest BCUT2D eigenvalue weighted by molar-refractivity contribution is 5.77. The largest absolute Gasteiger partial charge is 0.309 e. The highest BCUT2D eigenvalue weighted by Crippen LogP contribution is 2.15. The van der Waals surface area contributed by atoms with Crippen molar-refractivity contribution in [3.8, 4) is 0 Å². The van der Waals surface area contributed by atoms with E-state index in [9.17, 15) is 4.79 Å². The summed E-state index contributed by atoms with van der Waals surface area (Å²) in [6.45, 7) is 6.20. The van der Waals surface area contributed by atoms with Crippen LogP contribution in [0.4, 0.5) is 0 Å². The standard InChI is InChI=1S/C17H21N5O/c1-11(13(3)22-10-6-9-18-22)19-12(2)16-20-15-8-5-4-7-14(15)17(23)21-16/h4-13,19H,1-3H3,(H,20,21,23)/t11-,12+,13+/m1/s1. The molecule has 0 fully saturated rings. The minimum atomic E-state index is -0.105. The summed E-state index contributed by atoms with van der Waals surface area (Å²) in [5.41, 5.74) is 0.611. The minimum Gasteiger partial charge on any atom is -0.309 e. The van der Waals surface area contributed by atoms with Gasteiger partial charge in [0.15, 0.2) is 0 Å². The molecule has 6 heteroatoms. The molecule has 0 amide bonds. The molecule has 0 radical (unpaired) electrons. The molecule has 1 aromatic carbocycles. The zero-order valence-corrected chi connectivity index (χ0v) is 13.5. The number of hydrogen-bond donors (Lipinski definition) is 2. The van der Waals surface area contributed by atoms with Gasteiger partial charge in [0.05, 0.1) is 23.0 Å². The zero-order chi connectivity index (χ0) is 16.4. The third kappa shape index (κ3) is 3.17. The fraction of sp³-hybridized carbons (Fsp3) is 0.353. The fourth-order valence-corrected chi connectivity index (χ4v) is 2.67. The molecule has 0 bridgehead atoms. The van der Waals surface area contributed by atoms with Crippen LogP contribution in [0.2, 0.25) is 0 Å². The summed E-state index contributed by atoms with van der Waals surface area (Å²) in [5, 5.41) is 8.37. The first-order valence-electron chi connectivity index (χ1n) is 7.80. The maximum Gasteiger partial charge on any atom is 0.258 e. The van der Waals surface area contributed by atoms with Crippen LogP contribution in [0.25, 0.3) is 10.9 Å². The van der Waals surface area contributed by atoms with Gasteiger partial charge in [0.2, 0.25) is 0 Å². The molecular weight excluding hydrogens is 290 g/mol. The van der Waals surface area contributed by atoms with Gasteiger partial charge in [-0.25, -0.2) is 4.98 Å². The van der Waals surface area contributed by atoms with Crippen LogP contribution in [0, 0.1) is 0 Å². The predicted molar refractivity (Wildman–Crippen MR) is 90.3 cm³/mol. The second kappa shape index (κ2) is 6.34. The summed E-state index contributed by atoms with van der Waals surface area (Å²) < 4.78 is 1.92. The fourth-order valence-electron chi connectivity index (χ4n) is 2.67. The number of aromatic nitrogens is 4. The van der Waals surface area contributed by atoms with Crippen LogP contribution in [0.1, 0.15) is 38.7 Å². The van der Waals surface area contributed by atoms with E-state index in [4.69, 9.17) is 0 Å². The van der Waals surface area contributed by atoms with Crippen molar-refractivity contribution in [1.82, 2.24) is 25.1 Å². The number of hydrogen-bond acceptors (Lipinski definition) is 4. The van der Waals surface area contributed by atoms with E-state index in [-0.39, 0.29) is 23.7 Å². The van der Waals surface area contributed by atoms with Crippen LogP contribution in [0.15, 0.2) is 47.5 Å². The van der Waals surface area contributed by atoms with Gasteiger partial charge in [-0.1, -0.05) is 12.1 Å². The molecule has 2 aromatic heterocycles. The lowest BCUT2D eigenvalue weighted by Gasteiger charge is -2.25. The summed E-state index contributed by atoms with van der Waals surface area (Å²) in [4.78, 5) is 19.6. The van der Waals surface area contributed by atoms with Crippen molar-refractivity contribution in [2.24, 2.45) is 0 Å². The topological polar surface area (TPSA) is 75.6 Å². The summed E-state index contributed by atoms with van der Waals surface area (Å²) in [6.07, 6.45) is 3.72. The van der Waals surface area contributed by atoms with E-state index >= 15 is 0 Å². The maximum absolute atomic E-state index is 12.2. The molecule has 2 heterocycles. The monoisotopic (exact) mass is 311 g/mol. The average Bonchev–Trinajstić information content (AvgIpc) is 3.08. The number of nitrogens with one attached hydrogen (secondary N) is 2. The smallest absolute Gasteiger partial charge is 0.258 e. The summed E-state index contributed by atoms with van der Waals surface area (Å²) in [6, 6.07) is 9.58. The first-order valence-corrected chi connectivity index (χ1v) is 7.80. The number of benzene rings is 1. The molecule has 3 atom stereocenters. The van der Waals surface area contributed by atoms with E-state index in [0.29, 0.717) is 16.7 Å². The Balaban J connectivity index is 1.80. The van der Waals surface area contributed by atoms with Crippen molar-refractivity contribution in [3.05, 3.63) is 58.9 Å². The Kier molecular flexibility index (Phi) is 4.25. The Labute approximate surface area is 134 Å². The van der Waals surface area contributed by atoms with Crippen molar-refractivity contribution in [3.63, 3.8) is 0 Å². The number of H-pyrrole nitrogens is 1. The number of nitrogens with zero attached hydrogens (tertiary/aromatic N) is 3. The summed E-state index contributed by atoms with van der Waals surface area (Å²) >= 11 is 0. The molecule has 0 spiro atoms. The maximum atomic E-state index is 12.2. The molecule has 0 aliphatic carbocycles. The van der Waals surface area contributed by atoms with Gasteiger partial charge in [-0.15, -0.1) is 0 Å². The van der Waals surface area contributed by atoms with Crippen molar-refractivity contribution >= 4 is 10.9 Å². The Bertz CT molecular complexity index is 840. The van der Waals surface area contributed by atoms with E-state index in [1.54, 1.807) is 12.3 Å². The molecule has 23 heavy (non-hydrogen) atoms. The van der Waals surface area contributed by atoms with Gasteiger partial charge in [0, 0.05) is 18.4 Å². The SMILES string of the molecule is C[C@H](N[C@H](C)[C@H](C)n1cccn1)c1nc2ccccc2c(=O)[nH]1. The number of fused-ring (bicyclic) bond motifs is 1. The van der Waals surface area contributed by atoms with Crippen LogP contribution in [0.5, 0.6) is 0 Å². The predicted octanol–water partition coefficient (Wildman–Crippen LogP) is 2.42. The summed E-state index contributed by atoms with van der Waals surface area (Å²) in [5.74, 6) is 0.646. The van der Waals surface area contributed by atoms with E-state index in [0.717, 1.165) is 0 Å². The lowest BCUT2D eigenvalue weighted by molar-refractivity contribution is 0.337. The van der Waals surface area contributed by atoms with Gasteiger partial charge in [0.1, 0.15) is 5.82 Å². The second-order valence-electron chi connectivity index (χ2n) is 5.87. The first-order chi connectivity index (χ1) is 11.1. The van der Waals surface area contributed by atoms with Crippen LogP contribution in [0.3, 0.4) is 0 Å². The molecule has 0 saturated carbocycles. The van der Waals surface area contributed by atoms with E-state index in [1.165, 1.54) is 0 Å². The molecule has 120 valence electrons. The Hall–Kier alpha value is -2.47. The van der Waals surface area contributed by atoms with Gasteiger partial charge in [0.25, 0.3) is 5.56 Å². The molecule has 0 aliphatic heterocycles. The molecule has 2 N–H and O–H groups in total. The van der Waals surface area contributed by atoms with Crippen molar-refractivity contribution in [2.75, 3.05) is 0 Å². The zero-order valence-electron chi connectivity index (χ0n) is 13.5. The van der Waals surface area contributed by atoms with Gasteiger partial charge < -0.3 is 10.3 Å². The second-order valence-corrected chi connectivity index (χ2v) is 5.87. The number of rotatable bonds is 5. The van der Waals surface area contributed by atoms with Crippen molar-refractivity contribution < 1.29 is 0 Å². The van der Waals surface area contributed by atoms with Gasteiger partial charge in [-0.2, -0.15) is 5.10 Å². The van der Waals surface area contributed by atoms with Gasteiger partial charge in [-0.3, -0.25) is 9.48 Å². The van der Waals surface area contributed by atoms with Crippen molar-refractivity contribution in [2.45, 2.75) is 38.9 Å². The minimum absolute atomic E-state index is 0.0691. The molecular formula is C17H21N5O. The lowest BCUT2D eigenvalue weighted by atomic mass is 10.1. The normalized spacial score (nSPS) is 15.4. The summed E-state index contributed by atoms with van der Waals surface area (Å²) in [7, 11) is 0. The molecule has 0 unspecified atom stereocenters. The number of aromatic amines is 1. The van der Waals surface area contributed by atoms with Gasteiger partial charge in [-0.05, 0) is 39.0 Å². The van der Waals surface area contributed by atoms with Crippen molar-refractivity contribution in [1.29, 1.82) is 0 Å². The quantitative estimate of drug-likeness (QED) is 0.759. The Morgan fingerprint density at radius 1 is 1.17 bits per heavy atom. The highest BCUT2D eigenvalue weighted by atomic mass is 16.1. The van der Waals surface area contributed by atoms with E-state index in [1.807, 2.05) is 42.1 Å². The molecule has 0 aliphatic rings. The lowest BCUT2D eigenvalue weighted by Crippen LogP contribution is -2.36. The molecule has 6 nitrogen and oxygen atoms in total. The van der Waals surface area contributed by atoms with Crippen LogP contribution in [-0.4, -0.2) is 25.8 Å². The third-order valence-corrected chi connectivity index (χ3v) is 4.22. The molecule has 3 rings (SSSR count). The van der Waals surface area contributed by atoms with Crippen LogP contribution >= 0.6 is 0 Å². The highest BCUT2D eigenvalue weighted by Gasteiger charge is 2.18. The van der Waals surface area contributed by atoms with E-state index in [2.05, 4.69) is 34.2 Å². The van der Waals surface area contributed by atoms with Crippen LogP contribution in [-0.2, 0) is 0 Å². The molecule has 0 saturated heterocycles. The molecule has 3 aromatic rings. The van der Waals surface area contributed by atoms with E-state index < -0.39 is 0 Å². The van der Waals surface area contributed by atoms with Gasteiger partial charge >= 0.3 is 0 Å². The third-order valence-electron chi connectivity index (χ3n) is 4.22. The Morgan fingerprint density at radius 2 is 1.96 bits per heavy atom.